The first kappa shape index (κ1) is 15.9. The maximum absolute atomic E-state index is 10.9. The van der Waals surface area contributed by atoms with E-state index in [1.54, 1.807) is 6.92 Å². The number of hydrogen-bond acceptors (Lipinski definition) is 3. The summed E-state index contributed by atoms with van der Waals surface area (Å²) < 4.78 is 0. The average molecular weight is 244 g/mol. The number of nitrogens with two attached hydrogens (primary N) is 1. The lowest BCUT2D eigenvalue weighted by Gasteiger charge is -2.22. The molecule has 0 saturated carbocycles. The molecular weight excluding hydrogens is 220 g/mol. The molecule has 17 heavy (non-hydrogen) atoms. The molecule has 100 valence electrons. The Labute approximate surface area is 103 Å². The van der Waals surface area contributed by atoms with Gasteiger partial charge in [0.05, 0.1) is 12.5 Å². The van der Waals surface area contributed by atoms with Crippen molar-refractivity contribution in [1.29, 1.82) is 0 Å². The average Bonchev–Trinajstić information content (AvgIpc) is 2.23. The monoisotopic (exact) mass is 244 g/mol. The van der Waals surface area contributed by atoms with Crippen LogP contribution in [0.1, 0.15) is 39.5 Å². The van der Waals surface area contributed by atoms with Crippen LogP contribution in [0.3, 0.4) is 0 Å². The third-order valence-electron chi connectivity index (χ3n) is 2.66. The van der Waals surface area contributed by atoms with Gasteiger partial charge in [0.25, 0.3) is 0 Å². The molecular formula is C12H24N2O3. The molecule has 3 N–H and O–H groups in total. The van der Waals surface area contributed by atoms with Crippen LogP contribution < -0.4 is 5.73 Å². The van der Waals surface area contributed by atoms with Crippen molar-refractivity contribution in [3.05, 3.63) is 0 Å². The highest BCUT2D eigenvalue weighted by Gasteiger charge is 2.17. The van der Waals surface area contributed by atoms with Crippen molar-refractivity contribution in [2.75, 3.05) is 19.6 Å². The van der Waals surface area contributed by atoms with Gasteiger partial charge in [-0.2, -0.15) is 0 Å². The largest absolute Gasteiger partial charge is 0.481 e. The Morgan fingerprint density at radius 3 is 2.41 bits per heavy atom. The van der Waals surface area contributed by atoms with Crippen LogP contribution in [0, 0.1) is 5.92 Å². The van der Waals surface area contributed by atoms with Crippen molar-refractivity contribution in [1.82, 2.24) is 4.90 Å². The van der Waals surface area contributed by atoms with E-state index in [0.29, 0.717) is 6.54 Å². The van der Waals surface area contributed by atoms with Crippen LogP contribution in [0.4, 0.5) is 0 Å². The molecule has 0 bridgehead atoms. The lowest BCUT2D eigenvalue weighted by Crippen LogP contribution is -2.38. The van der Waals surface area contributed by atoms with Crippen LogP contribution in [0.5, 0.6) is 0 Å². The summed E-state index contributed by atoms with van der Waals surface area (Å²) >= 11 is 0. The number of nitrogens with zero attached hydrogens (tertiary/aromatic N) is 1. The molecule has 1 atom stereocenters. The normalized spacial score (nSPS) is 12.6. The van der Waals surface area contributed by atoms with E-state index in [1.165, 1.54) is 6.42 Å². The molecule has 1 amide bonds. The van der Waals surface area contributed by atoms with Crippen molar-refractivity contribution in [3.8, 4) is 0 Å². The number of unbranched alkanes of at least 4 members (excludes halogenated alkanes) is 3. The highest BCUT2D eigenvalue weighted by atomic mass is 16.4. The standard InChI is InChI=1S/C12H24N2O3/c1-3-4-5-6-7-14(9-11(13)15)8-10(2)12(16)17/h10H,3-9H2,1-2H3,(H2,13,15)(H,16,17). The van der Waals surface area contributed by atoms with Gasteiger partial charge in [0, 0.05) is 6.54 Å². The van der Waals surface area contributed by atoms with Gasteiger partial charge in [-0.05, 0) is 13.0 Å². The molecule has 0 aliphatic rings. The molecule has 0 heterocycles. The molecule has 0 aromatic carbocycles. The number of carboxylic acids is 1. The second-order valence-corrected chi connectivity index (χ2v) is 4.50. The maximum atomic E-state index is 10.9. The summed E-state index contributed by atoms with van der Waals surface area (Å²) in [7, 11) is 0. The van der Waals surface area contributed by atoms with Crippen LogP contribution in [-0.4, -0.2) is 41.5 Å². The lowest BCUT2D eigenvalue weighted by atomic mass is 10.1. The smallest absolute Gasteiger partial charge is 0.307 e. The minimum Gasteiger partial charge on any atom is -0.481 e. The fourth-order valence-corrected chi connectivity index (χ4v) is 1.68. The Morgan fingerprint density at radius 2 is 1.94 bits per heavy atom. The van der Waals surface area contributed by atoms with E-state index in [1.807, 2.05) is 4.90 Å². The molecule has 0 aromatic heterocycles. The topological polar surface area (TPSA) is 83.6 Å². The van der Waals surface area contributed by atoms with Crippen LogP contribution in [-0.2, 0) is 9.59 Å². The fraction of sp³-hybridized carbons (Fsp3) is 0.833. The number of amides is 1. The van der Waals surface area contributed by atoms with E-state index in [4.69, 9.17) is 10.8 Å². The van der Waals surface area contributed by atoms with Gasteiger partial charge in [-0.25, -0.2) is 0 Å². The minimum absolute atomic E-state index is 0.143. The number of rotatable bonds is 10. The quantitative estimate of drug-likeness (QED) is 0.563. The zero-order valence-corrected chi connectivity index (χ0v) is 10.8. The first-order valence-corrected chi connectivity index (χ1v) is 6.20. The number of carbonyl (C=O) groups excluding carboxylic acids is 1. The molecule has 0 fully saturated rings. The van der Waals surface area contributed by atoms with Crippen LogP contribution >= 0.6 is 0 Å². The van der Waals surface area contributed by atoms with Crippen molar-refractivity contribution in [2.45, 2.75) is 39.5 Å². The Balaban J connectivity index is 4.04. The van der Waals surface area contributed by atoms with E-state index in [-0.39, 0.29) is 6.54 Å². The first-order valence-electron chi connectivity index (χ1n) is 6.20. The van der Waals surface area contributed by atoms with Gasteiger partial charge in [0.2, 0.25) is 5.91 Å². The minimum atomic E-state index is -0.840. The zero-order valence-electron chi connectivity index (χ0n) is 10.8. The van der Waals surface area contributed by atoms with E-state index in [0.717, 1.165) is 25.8 Å². The third kappa shape index (κ3) is 8.68. The van der Waals surface area contributed by atoms with Crippen molar-refractivity contribution in [3.63, 3.8) is 0 Å². The van der Waals surface area contributed by atoms with Crippen molar-refractivity contribution < 1.29 is 14.7 Å². The summed E-state index contributed by atoms with van der Waals surface area (Å²) in [4.78, 5) is 23.5. The second kappa shape index (κ2) is 8.98. The van der Waals surface area contributed by atoms with E-state index >= 15 is 0 Å². The first-order chi connectivity index (χ1) is 7.97. The van der Waals surface area contributed by atoms with Crippen LogP contribution in [0.25, 0.3) is 0 Å². The summed E-state index contributed by atoms with van der Waals surface area (Å²) in [6.07, 6.45) is 4.40. The predicted molar refractivity (Wildman–Crippen MR) is 66.6 cm³/mol. The number of aliphatic carboxylic acids is 1. The Morgan fingerprint density at radius 1 is 1.29 bits per heavy atom. The number of carboxylic acid groups (broad SMARTS) is 1. The molecule has 0 aliphatic heterocycles. The fourth-order valence-electron chi connectivity index (χ4n) is 1.68. The van der Waals surface area contributed by atoms with E-state index in [9.17, 15) is 9.59 Å². The summed E-state index contributed by atoms with van der Waals surface area (Å²) in [5.41, 5.74) is 5.15. The highest BCUT2D eigenvalue weighted by Crippen LogP contribution is 2.05. The van der Waals surface area contributed by atoms with E-state index < -0.39 is 17.8 Å². The highest BCUT2D eigenvalue weighted by molar-refractivity contribution is 5.76. The van der Waals surface area contributed by atoms with Crippen molar-refractivity contribution >= 4 is 11.9 Å². The number of hydrogen-bond donors (Lipinski definition) is 2. The van der Waals surface area contributed by atoms with Gasteiger partial charge in [0.15, 0.2) is 0 Å². The van der Waals surface area contributed by atoms with Gasteiger partial charge in [-0.15, -0.1) is 0 Å². The molecule has 5 heteroatoms. The molecule has 0 aliphatic carbocycles. The Hall–Kier alpha value is -1.10. The lowest BCUT2D eigenvalue weighted by molar-refractivity contribution is -0.142. The Bertz CT molecular complexity index is 244. The van der Waals surface area contributed by atoms with Crippen molar-refractivity contribution in [2.24, 2.45) is 11.7 Å². The van der Waals surface area contributed by atoms with Gasteiger partial charge in [0.1, 0.15) is 0 Å². The van der Waals surface area contributed by atoms with Gasteiger partial charge in [-0.1, -0.05) is 33.1 Å². The van der Waals surface area contributed by atoms with Crippen LogP contribution in [0.2, 0.25) is 0 Å². The molecule has 0 aromatic rings. The second-order valence-electron chi connectivity index (χ2n) is 4.50. The summed E-state index contributed by atoms with van der Waals surface area (Å²) in [5.74, 6) is -1.72. The summed E-state index contributed by atoms with van der Waals surface area (Å²) in [5, 5.41) is 8.83. The SMILES string of the molecule is CCCCCCN(CC(N)=O)CC(C)C(=O)O. The van der Waals surface area contributed by atoms with E-state index in [2.05, 4.69) is 6.92 Å². The Kier molecular flexibility index (Phi) is 8.40. The van der Waals surface area contributed by atoms with Gasteiger partial charge in [-0.3, -0.25) is 14.5 Å². The molecule has 0 radical (unpaired) electrons. The molecule has 0 rings (SSSR count). The van der Waals surface area contributed by atoms with Gasteiger partial charge < -0.3 is 10.8 Å². The zero-order chi connectivity index (χ0) is 13.3. The molecule has 5 nitrogen and oxygen atoms in total. The molecule has 0 saturated heterocycles. The maximum Gasteiger partial charge on any atom is 0.307 e. The number of carbonyl (C=O) groups is 2. The molecule has 0 spiro atoms. The summed E-state index contributed by atoms with van der Waals surface area (Å²) in [6.45, 7) is 5.03. The predicted octanol–water partition coefficient (Wildman–Crippen LogP) is 1.07. The van der Waals surface area contributed by atoms with Crippen LogP contribution in [0.15, 0.2) is 0 Å². The third-order valence-corrected chi connectivity index (χ3v) is 2.66. The number of primary amides is 1. The molecule has 1 unspecified atom stereocenters. The summed E-state index contributed by atoms with van der Waals surface area (Å²) in [6, 6.07) is 0. The van der Waals surface area contributed by atoms with Gasteiger partial charge >= 0.3 is 5.97 Å².